The number of H-pyrrole nitrogens is 1. The molecule has 3 rings (SSSR count). The number of amides is 1. The van der Waals surface area contributed by atoms with Crippen LogP contribution in [0.15, 0.2) is 48.8 Å². The lowest BCUT2D eigenvalue weighted by Gasteiger charge is -2.20. The smallest absolute Gasteiger partial charge is 0.394 e. The number of rotatable bonds is 7. The van der Waals surface area contributed by atoms with Crippen LogP contribution in [0.2, 0.25) is 5.02 Å². The molecule has 33 heavy (non-hydrogen) atoms. The lowest BCUT2D eigenvalue weighted by molar-refractivity contribution is -0.137. The summed E-state index contributed by atoms with van der Waals surface area (Å²) in [6.07, 6.45) is -1.52. The van der Waals surface area contributed by atoms with E-state index in [4.69, 9.17) is 11.6 Å². The zero-order chi connectivity index (χ0) is 24.4. The fraction of sp³-hybridized carbons (Fsp3) is 0.273. The lowest BCUT2D eigenvalue weighted by atomic mass is 10.0. The molecule has 0 fully saturated rings. The minimum atomic E-state index is -4.48. The molecule has 5 N–H and O–H groups in total. The Bertz CT molecular complexity index is 1130. The maximum atomic E-state index is 12.8. The Morgan fingerprint density at radius 3 is 2.45 bits per heavy atom. The van der Waals surface area contributed by atoms with Gasteiger partial charge >= 0.3 is 6.18 Å². The van der Waals surface area contributed by atoms with Crippen LogP contribution in [0.5, 0.6) is 0 Å². The third kappa shape index (κ3) is 6.25. The highest BCUT2D eigenvalue weighted by molar-refractivity contribution is 6.33. The Morgan fingerprint density at radius 2 is 1.88 bits per heavy atom. The zero-order valence-corrected chi connectivity index (χ0v) is 18.4. The third-order valence-corrected chi connectivity index (χ3v) is 4.96. The van der Waals surface area contributed by atoms with Gasteiger partial charge in [0, 0.05) is 23.5 Å². The molecule has 0 saturated carbocycles. The van der Waals surface area contributed by atoms with E-state index in [1.807, 2.05) is 0 Å². The maximum Gasteiger partial charge on any atom is 0.416 e. The summed E-state index contributed by atoms with van der Waals surface area (Å²) in [5.41, 5.74) is -0.434. The standard InChI is InChI=1S/C22H22ClF3N4O3/c1-21(2,33)30-19-8-15(16(23)10-28-19)13-7-17(27-9-13)20(32)29-18(11-31)12-3-5-14(6-4-12)22(24,25)26/h3-10,18,27,31,33H,11H2,1-2H3,(H,28,30)(H,29,32)/t18-/m1/s1. The molecule has 0 aliphatic carbocycles. The molecule has 0 aliphatic rings. The molecule has 176 valence electrons. The Morgan fingerprint density at radius 1 is 1.21 bits per heavy atom. The topological polar surface area (TPSA) is 110 Å². The van der Waals surface area contributed by atoms with Gasteiger partial charge in [-0.05, 0) is 43.7 Å². The van der Waals surface area contributed by atoms with Crippen LogP contribution in [0.3, 0.4) is 0 Å². The summed E-state index contributed by atoms with van der Waals surface area (Å²) in [7, 11) is 0. The number of alkyl halides is 3. The molecular weight excluding hydrogens is 461 g/mol. The first-order chi connectivity index (χ1) is 15.4. The molecule has 0 bridgehead atoms. The van der Waals surface area contributed by atoms with Crippen molar-refractivity contribution in [2.24, 2.45) is 0 Å². The first-order valence-electron chi connectivity index (χ1n) is 9.81. The highest BCUT2D eigenvalue weighted by Crippen LogP contribution is 2.31. The van der Waals surface area contributed by atoms with Gasteiger partial charge < -0.3 is 25.8 Å². The van der Waals surface area contributed by atoms with Gasteiger partial charge in [-0.15, -0.1) is 0 Å². The predicted octanol–water partition coefficient (Wildman–Crippen LogP) is 4.35. The number of aliphatic hydroxyl groups is 2. The Kier molecular flexibility index (Phi) is 7.01. The summed E-state index contributed by atoms with van der Waals surface area (Å²) >= 11 is 6.24. The number of aromatic amines is 1. The second-order valence-electron chi connectivity index (χ2n) is 7.86. The first kappa shape index (κ1) is 24.6. The molecule has 0 aliphatic heterocycles. The van der Waals surface area contributed by atoms with E-state index in [1.165, 1.54) is 24.4 Å². The monoisotopic (exact) mass is 482 g/mol. The van der Waals surface area contributed by atoms with Gasteiger partial charge in [0.2, 0.25) is 0 Å². The maximum absolute atomic E-state index is 12.8. The van der Waals surface area contributed by atoms with Gasteiger partial charge in [0.1, 0.15) is 17.2 Å². The van der Waals surface area contributed by atoms with Gasteiger partial charge in [-0.3, -0.25) is 4.79 Å². The molecule has 0 unspecified atom stereocenters. The number of nitrogens with one attached hydrogen (secondary N) is 3. The van der Waals surface area contributed by atoms with Crippen LogP contribution < -0.4 is 10.6 Å². The van der Waals surface area contributed by atoms with E-state index in [0.29, 0.717) is 27.5 Å². The van der Waals surface area contributed by atoms with E-state index in [2.05, 4.69) is 20.6 Å². The minimum Gasteiger partial charge on any atom is -0.394 e. The number of nitrogens with zero attached hydrogens (tertiary/aromatic N) is 1. The summed E-state index contributed by atoms with van der Waals surface area (Å²) in [5.74, 6) is -0.197. The van der Waals surface area contributed by atoms with Crippen LogP contribution in [0.25, 0.3) is 11.1 Å². The van der Waals surface area contributed by atoms with E-state index >= 15 is 0 Å². The quantitative estimate of drug-likeness (QED) is 0.321. The normalized spacial score (nSPS) is 13.0. The number of pyridine rings is 1. The highest BCUT2D eigenvalue weighted by Gasteiger charge is 2.30. The van der Waals surface area contributed by atoms with Gasteiger partial charge in [0.25, 0.3) is 5.91 Å². The molecule has 1 amide bonds. The average molecular weight is 483 g/mol. The van der Waals surface area contributed by atoms with Crippen molar-refractivity contribution in [1.82, 2.24) is 15.3 Å². The molecule has 0 radical (unpaired) electrons. The van der Waals surface area contributed by atoms with Crippen molar-refractivity contribution in [3.63, 3.8) is 0 Å². The second kappa shape index (κ2) is 9.42. The number of benzene rings is 1. The largest absolute Gasteiger partial charge is 0.416 e. The summed E-state index contributed by atoms with van der Waals surface area (Å²) in [6.45, 7) is 2.60. The molecule has 3 aromatic rings. The molecule has 1 aromatic carbocycles. The number of hydrogen-bond acceptors (Lipinski definition) is 5. The van der Waals surface area contributed by atoms with Crippen LogP contribution in [0, 0.1) is 0 Å². The van der Waals surface area contributed by atoms with Crippen molar-refractivity contribution < 1.29 is 28.2 Å². The molecule has 2 aromatic heterocycles. The molecule has 11 heteroatoms. The molecule has 0 saturated heterocycles. The fourth-order valence-electron chi connectivity index (χ4n) is 3.10. The predicted molar refractivity (Wildman–Crippen MR) is 118 cm³/mol. The molecule has 1 atom stereocenters. The summed E-state index contributed by atoms with van der Waals surface area (Å²) in [6, 6.07) is 6.44. The zero-order valence-electron chi connectivity index (χ0n) is 17.7. The Hall–Kier alpha value is -3.08. The fourth-order valence-corrected chi connectivity index (χ4v) is 3.31. The molecule has 0 spiro atoms. The van der Waals surface area contributed by atoms with Crippen molar-refractivity contribution in [2.45, 2.75) is 31.8 Å². The van der Waals surface area contributed by atoms with Crippen molar-refractivity contribution in [1.29, 1.82) is 0 Å². The SMILES string of the molecule is CC(C)(O)Nc1cc(-c2c[nH]c(C(=O)N[C@H](CO)c3ccc(C(F)(F)F)cc3)c2)c(Cl)cn1. The lowest BCUT2D eigenvalue weighted by Crippen LogP contribution is -2.31. The van der Waals surface area contributed by atoms with Gasteiger partial charge in [-0.25, -0.2) is 4.98 Å². The number of hydrogen-bond donors (Lipinski definition) is 5. The van der Waals surface area contributed by atoms with Gasteiger partial charge in [-0.1, -0.05) is 23.7 Å². The van der Waals surface area contributed by atoms with E-state index in [9.17, 15) is 28.2 Å². The number of anilines is 1. The van der Waals surface area contributed by atoms with Crippen LogP contribution >= 0.6 is 11.6 Å². The molecule has 7 nitrogen and oxygen atoms in total. The van der Waals surface area contributed by atoms with Gasteiger partial charge in [0.05, 0.1) is 23.2 Å². The minimum absolute atomic E-state index is 0.153. The van der Waals surface area contributed by atoms with Gasteiger partial charge in [0.15, 0.2) is 0 Å². The number of carbonyl (C=O) groups excluding carboxylic acids is 1. The van der Waals surface area contributed by atoms with Crippen LogP contribution in [0.1, 0.15) is 41.5 Å². The number of carbonyl (C=O) groups is 1. The van der Waals surface area contributed by atoms with Crippen LogP contribution in [-0.2, 0) is 6.18 Å². The average Bonchev–Trinajstić information content (AvgIpc) is 3.22. The van der Waals surface area contributed by atoms with E-state index in [1.54, 1.807) is 26.1 Å². The summed E-state index contributed by atoms with van der Waals surface area (Å²) < 4.78 is 38.3. The van der Waals surface area contributed by atoms with E-state index < -0.39 is 36.0 Å². The summed E-state index contributed by atoms with van der Waals surface area (Å²) in [5, 5.41) is 25.3. The van der Waals surface area contributed by atoms with Crippen LogP contribution in [-0.4, -0.2) is 38.4 Å². The van der Waals surface area contributed by atoms with Crippen molar-refractivity contribution in [3.8, 4) is 11.1 Å². The van der Waals surface area contributed by atoms with Gasteiger partial charge in [-0.2, -0.15) is 13.2 Å². The third-order valence-electron chi connectivity index (χ3n) is 4.66. The number of aromatic nitrogens is 2. The van der Waals surface area contributed by atoms with E-state index in [-0.39, 0.29) is 5.69 Å². The van der Waals surface area contributed by atoms with Crippen molar-refractivity contribution in [2.75, 3.05) is 11.9 Å². The second-order valence-corrected chi connectivity index (χ2v) is 8.27. The Labute approximate surface area is 192 Å². The highest BCUT2D eigenvalue weighted by atomic mass is 35.5. The van der Waals surface area contributed by atoms with E-state index in [0.717, 1.165) is 12.1 Å². The number of aliphatic hydroxyl groups excluding tert-OH is 1. The first-order valence-corrected chi connectivity index (χ1v) is 10.2. The number of halogens is 4. The van der Waals surface area contributed by atoms with Crippen molar-refractivity contribution >= 4 is 23.3 Å². The van der Waals surface area contributed by atoms with Crippen molar-refractivity contribution in [3.05, 3.63) is 70.6 Å². The summed E-state index contributed by atoms with van der Waals surface area (Å²) in [4.78, 5) is 19.6. The molecule has 2 heterocycles. The molecular formula is C22H22ClF3N4O3. The van der Waals surface area contributed by atoms with Crippen LogP contribution in [0.4, 0.5) is 19.0 Å². The Balaban J connectivity index is 1.77.